The summed E-state index contributed by atoms with van der Waals surface area (Å²) in [5.74, 6) is -0.670. The van der Waals surface area contributed by atoms with E-state index >= 15 is 0 Å². The summed E-state index contributed by atoms with van der Waals surface area (Å²) in [6.07, 6.45) is -0.176. The van der Waals surface area contributed by atoms with E-state index in [2.05, 4.69) is 21.2 Å². The fourth-order valence-electron chi connectivity index (χ4n) is 4.59. The molecule has 0 saturated heterocycles. The van der Waals surface area contributed by atoms with Gasteiger partial charge in [0.15, 0.2) is 0 Å². The molecule has 4 rings (SSSR count). The first-order chi connectivity index (χ1) is 17.2. The number of carboxylic acid groups (broad SMARTS) is 1. The molecule has 4 aromatic rings. The lowest BCUT2D eigenvalue weighted by molar-refractivity contribution is -0.138. The fourth-order valence-corrected chi connectivity index (χ4v) is 4.96. The second kappa shape index (κ2) is 10.5. The maximum atomic E-state index is 13.8. The van der Waals surface area contributed by atoms with Crippen LogP contribution in [0.5, 0.6) is 5.75 Å². The first kappa shape index (κ1) is 25.4. The van der Waals surface area contributed by atoms with E-state index in [0.29, 0.717) is 16.8 Å². The van der Waals surface area contributed by atoms with Crippen LogP contribution in [-0.4, -0.2) is 35.6 Å². The van der Waals surface area contributed by atoms with Crippen molar-refractivity contribution >= 4 is 38.7 Å². The Morgan fingerprint density at radius 3 is 2.44 bits per heavy atom. The third-order valence-electron chi connectivity index (χ3n) is 6.40. The number of methoxy groups -OCH3 is 1. The maximum Gasteiger partial charge on any atom is 0.304 e. The van der Waals surface area contributed by atoms with Crippen LogP contribution in [-0.2, 0) is 10.2 Å². The fraction of sp³-hybridized carbons (Fsp3) is 0.207. The third kappa shape index (κ3) is 5.11. The molecule has 2 N–H and O–H groups in total. The number of carbonyl (C=O) groups is 2. The number of hydrogen-bond donors (Lipinski definition) is 2. The molecule has 1 atom stereocenters. The predicted molar refractivity (Wildman–Crippen MR) is 145 cm³/mol. The van der Waals surface area contributed by atoms with Crippen LogP contribution in [0.2, 0.25) is 0 Å². The molecule has 1 heterocycles. The monoisotopic (exact) mass is 546 g/mol. The molecule has 0 radical (unpaired) electrons. The molecule has 1 aromatic heterocycles. The molecule has 3 aromatic carbocycles. The van der Waals surface area contributed by atoms with Gasteiger partial charge in [-0.05, 0) is 36.8 Å². The summed E-state index contributed by atoms with van der Waals surface area (Å²) < 4.78 is 6.34. The summed E-state index contributed by atoms with van der Waals surface area (Å²) in [4.78, 5) is 30.4. The molecule has 36 heavy (non-hydrogen) atoms. The first-order valence-electron chi connectivity index (χ1n) is 11.5. The van der Waals surface area contributed by atoms with Crippen LogP contribution < -0.4 is 10.1 Å². The van der Waals surface area contributed by atoms with Crippen molar-refractivity contribution in [2.45, 2.75) is 25.7 Å². The van der Waals surface area contributed by atoms with Crippen LogP contribution in [0.1, 0.15) is 34.8 Å². The number of carbonyl (C=O) groups excluding carboxylic acids is 1. The molecule has 0 spiro atoms. The quantitative estimate of drug-likeness (QED) is 0.277. The average Bonchev–Trinajstić information content (AvgIpc) is 2.87. The van der Waals surface area contributed by atoms with E-state index in [1.165, 1.54) is 0 Å². The van der Waals surface area contributed by atoms with Crippen molar-refractivity contribution in [2.75, 3.05) is 13.7 Å². The Morgan fingerprint density at radius 1 is 1.06 bits per heavy atom. The maximum absolute atomic E-state index is 13.8. The molecule has 0 aliphatic carbocycles. The van der Waals surface area contributed by atoms with Crippen molar-refractivity contribution in [3.8, 4) is 17.0 Å². The van der Waals surface area contributed by atoms with E-state index < -0.39 is 11.4 Å². The molecule has 0 bridgehead atoms. The number of amides is 1. The molecule has 7 heteroatoms. The van der Waals surface area contributed by atoms with Gasteiger partial charge in [-0.2, -0.15) is 0 Å². The van der Waals surface area contributed by atoms with Gasteiger partial charge >= 0.3 is 5.97 Å². The van der Waals surface area contributed by atoms with Gasteiger partial charge in [-0.15, -0.1) is 0 Å². The number of halogens is 1. The first-order valence-corrected chi connectivity index (χ1v) is 12.3. The topological polar surface area (TPSA) is 88.5 Å². The predicted octanol–water partition coefficient (Wildman–Crippen LogP) is 6.14. The molecule has 184 valence electrons. The lowest BCUT2D eigenvalue weighted by Crippen LogP contribution is -2.40. The molecule has 0 saturated carbocycles. The van der Waals surface area contributed by atoms with Crippen LogP contribution in [0, 0.1) is 6.92 Å². The summed E-state index contributed by atoms with van der Waals surface area (Å²) in [6.45, 7) is 3.82. The minimum absolute atomic E-state index is 0.108. The molecular weight excluding hydrogens is 520 g/mol. The summed E-state index contributed by atoms with van der Waals surface area (Å²) >= 11 is 3.51. The number of pyridine rings is 1. The molecule has 1 unspecified atom stereocenters. The van der Waals surface area contributed by atoms with Crippen LogP contribution in [0.4, 0.5) is 0 Å². The number of aliphatic carboxylic acids is 1. The van der Waals surface area contributed by atoms with Gasteiger partial charge in [-0.3, -0.25) is 9.59 Å². The Kier molecular flexibility index (Phi) is 7.40. The lowest BCUT2D eigenvalue weighted by atomic mass is 9.78. The highest BCUT2D eigenvalue weighted by molar-refractivity contribution is 9.10. The Balaban J connectivity index is 1.78. The third-order valence-corrected chi connectivity index (χ3v) is 6.90. The SMILES string of the molecule is COc1ccccc1C(C)(CNC(=O)c1c(C)c(-c2ccccc2)nc2ccc(Br)cc12)CC(=O)O. The number of rotatable bonds is 8. The van der Waals surface area contributed by atoms with Crippen molar-refractivity contribution in [3.63, 3.8) is 0 Å². The molecule has 6 nitrogen and oxygen atoms in total. The Hall–Kier alpha value is -3.71. The summed E-state index contributed by atoms with van der Waals surface area (Å²) in [6, 6.07) is 22.7. The number of para-hydroxylation sites is 1. The zero-order valence-corrected chi connectivity index (χ0v) is 21.9. The molecule has 0 aliphatic heterocycles. The molecule has 0 aliphatic rings. The minimum atomic E-state index is -0.960. The number of benzene rings is 3. The second-order valence-electron chi connectivity index (χ2n) is 9.00. The van der Waals surface area contributed by atoms with Gasteiger partial charge in [0.2, 0.25) is 0 Å². The number of fused-ring (bicyclic) bond motifs is 1. The Morgan fingerprint density at radius 2 is 1.75 bits per heavy atom. The highest BCUT2D eigenvalue weighted by Gasteiger charge is 2.33. The minimum Gasteiger partial charge on any atom is -0.496 e. The van der Waals surface area contributed by atoms with Crippen molar-refractivity contribution in [3.05, 3.63) is 94.0 Å². The molecular formula is C29H27BrN2O4. The number of aromatic nitrogens is 1. The van der Waals surface area contributed by atoms with Crippen molar-refractivity contribution in [1.82, 2.24) is 10.3 Å². The van der Waals surface area contributed by atoms with E-state index in [9.17, 15) is 14.7 Å². The van der Waals surface area contributed by atoms with Crippen molar-refractivity contribution in [2.24, 2.45) is 0 Å². The van der Waals surface area contributed by atoms with Gasteiger partial charge in [0.25, 0.3) is 5.91 Å². The van der Waals surface area contributed by atoms with Crippen LogP contribution in [0.15, 0.2) is 77.3 Å². The van der Waals surface area contributed by atoms with E-state index in [-0.39, 0.29) is 18.9 Å². The number of nitrogens with one attached hydrogen (secondary N) is 1. The summed E-state index contributed by atoms with van der Waals surface area (Å²) in [7, 11) is 1.55. The van der Waals surface area contributed by atoms with Gasteiger partial charge in [0.1, 0.15) is 5.75 Å². The second-order valence-corrected chi connectivity index (χ2v) is 9.92. The van der Waals surface area contributed by atoms with Gasteiger partial charge in [0, 0.05) is 32.9 Å². The summed E-state index contributed by atoms with van der Waals surface area (Å²) in [5, 5.41) is 13.4. The summed E-state index contributed by atoms with van der Waals surface area (Å²) in [5.41, 5.74) is 3.44. The van der Waals surface area contributed by atoms with Crippen LogP contribution in [0.3, 0.4) is 0 Å². The number of hydrogen-bond acceptors (Lipinski definition) is 4. The Bertz CT molecular complexity index is 1440. The van der Waals surface area contributed by atoms with Crippen molar-refractivity contribution < 1.29 is 19.4 Å². The zero-order valence-electron chi connectivity index (χ0n) is 20.3. The highest BCUT2D eigenvalue weighted by atomic mass is 79.9. The van der Waals surface area contributed by atoms with E-state index in [0.717, 1.165) is 32.2 Å². The van der Waals surface area contributed by atoms with Crippen molar-refractivity contribution in [1.29, 1.82) is 0 Å². The van der Waals surface area contributed by atoms with Gasteiger partial charge in [0.05, 0.1) is 30.3 Å². The van der Waals surface area contributed by atoms with Gasteiger partial charge in [-0.25, -0.2) is 4.98 Å². The largest absolute Gasteiger partial charge is 0.496 e. The molecule has 1 amide bonds. The van der Waals surface area contributed by atoms with Crippen LogP contribution in [0.25, 0.3) is 22.2 Å². The van der Waals surface area contributed by atoms with Gasteiger partial charge in [-0.1, -0.05) is 71.4 Å². The van der Waals surface area contributed by atoms with Crippen LogP contribution >= 0.6 is 15.9 Å². The average molecular weight is 547 g/mol. The number of ether oxygens (including phenoxy) is 1. The zero-order chi connectivity index (χ0) is 25.9. The number of nitrogens with zero attached hydrogens (tertiary/aromatic N) is 1. The van der Waals surface area contributed by atoms with Gasteiger partial charge < -0.3 is 15.2 Å². The Labute approximate surface area is 218 Å². The lowest BCUT2D eigenvalue weighted by Gasteiger charge is -2.30. The van der Waals surface area contributed by atoms with E-state index in [1.807, 2.05) is 80.6 Å². The normalized spacial score (nSPS) is 12.7. The highest BCUT2D eigenvalue weighted by Crippen LogP contribution is 2.35. The van der Waals surface area contributed by atoms with E-state index in [4.69, 9.17) is 9.72 Å². The molecule has 0 fully saturated rings. The van der Waals surface area contributed by atoms with E-state index in [1.54, 1.807) is 13.2 Å². The standard InChI is InChI=1S/C29H27BrN2O4/c1-18-26(21-15-20(30)13-14-23(21)32-27(18)19-9-5-4-6-10-19)28(35)31-17-29(2,16-25(33)34)22-11-7-8-12-24(22)36-3/h4-15H,16-17H2,1-3H3,(H,31,35)(H,33,34). The smallest absolute Gasteiger partial charge is 0.304 e. The number of carboxylic acids is 1.